The molecule has 1 atom stereocenters. The Bertz CT molecular complexity index is 696. The maximum atomic E-state index is 5.80. The molecule has 0 saturated carbocycles. The predicted molar refractivity (Wildman–Crippen MR) is 106 cm³/mol. The number of nitrogens with one attached hydrogen (secondary N) is 2. The van der Waals surface area contributed by atoms with Crippen molar-refractivity contribution < 1.29 is 9.47 Å². The molecular weight excluding hydrogens is 342 g/mol. The second kappa shape index (κ2) is 10.7. The molecule has 1 saturated heterocycles. The van der Waals surface area contributed by atoms with Crippen LogP contribution in [0.4, 0.5) is 0 Å². The topological polar surface area (TPSA) is 72.7 Å². The van der Waals surface area contributed by atoms with Gasteiger partial charge in [-0.05, 0) is 31.4 Å². The molecule has 0 radical (unpaired) electrons. The predicted octanol–water partition coefficient (Wildman–Crippen LogP) is 2.12. The van der Waals surface area contributed by atoms with Crippen molar-refractivity contribution in [3.05, 3.63) is 48.5 Å². The molecule has 0 bridgehead atoms. The Morgan fingerprint density at radius 1 is 1.37 bits per heavy atom. The SMILES string of the molecule is CCNC(=NCc1ccccc1-n1ccnc1)NCCCOC1CCOC1. The Hall–Kier alpha value is -2.38. The lowest BCUT2D eigenvalue weighted by atomic mass is 10.2. The van der Waals surface area contributed by atoms with E-state index < -0.39 is 0 Å². The third kappa shape index (κ3) is 6.08. The van der Waals surface area contributed by atoms with Crippen LogP contribution in [0.15, 0.2) is 48.0 Å². The van der Waals surface area contributed by atoms with Gasteiger partial charge in [0.05, 0.1) is 31.3 Å². The van der Waals surface area contributed by atoms with Gasteiger partial charge in [-0.15, -0.1) is 0 Å². The lowest BCUT2D eigenvalue weighted by Gasteiger charge is -2.13. The number of hydrogen-bond donors (Lipinski definition) is 2. The monoisotopic (exact) mass is 371 g/mol. The Morgan fingerprint density at radius 2 is 2.30 bits per heavy atom. The Morgan fingerprint density at radius 3 is 3.07 bits per heavy atom. The number of aromatic nitrogens is 2. The van der Waals surface area contributed by atoms with E-state index in [2.05, 4.69) is 34.7 Å². The van der Waals surface area contributed by atoms with Crippen LogP contribution in [0.3, 0.4) is 0 Å². The van der Waals surface area contributed by atoms with Crippen LogP contribution in [0, 0.1) is 0 Å². The molecule has 1 aliphatic rings. The van der Waals surface area contributed by atoms with Crippen molar-refractivity contribution in [2.45, 2.75) is 32.4 Å². The molecule has 146 valence electrons. The van der Waals surface area contributed by atoms with Crippen molar-refractivity contribution in [2.24, 2.45) is 4.99 Å². The van der Waals surface area contributed by atoms with E-state index in [1.807, 2.05) is 22.9 Å². The van der Waals surface area contributed by atoms with Crippen LogP contribution in [0.1, 0.15) is 25.3 Å². The fourth-order valence-electron chi connectivity index (χ4n) is 2.98. The average molecular weight is 371 g/mol. The lowest BCUT2D eigenvalue weighted by molar-refractivity contribution is 0.0420. The zero-order valence-corrected chi connectivity index (χ0v) is 15.9. The van der Waals surface area contributed by atoms with Gasteiger partial charge in [-0.25, -0.2) is 9.98 Å². The van der Waals surface area contributed by atoms with Crippen molar-refractivity contribution in [1.29, 1.82) is 0 Å². The maximum Gasteiger partial charge on any atom is 0.191 e. The maximum absolute atomic E-state index is 5.80. The van der Waals surface area contributed by atoms with Gasteiger partial charge in [-0.1, -0.05) is 18.2 Å². The van der Waals surface area contributed by atoms with Crippen LogP contribution in [0.2, 0.25) is 0 Å². The van der Waals surface area contributed by atoms with Crippen molar-refractivity contribution >= 4 is 5.96 Å². The highest BCUT2D eigenvalue weighted by atomic mass is 16.5. The summed E-state index contributed by atoms with van der Waals surface area (Å²) < 4.78 is 13.1. The highest BCUT2D eigenvalue weighted by Crippen LogP contribution is 2.15. The third-order valence-corrected chi connectivity index (χ3v) is 4.38. The van der Waals surface area contributed by atoms with Gasteiger partial charge in [0, 0.05) is 38.7 Å². The lowest BCUT2D eigenvalue weighted by Crippen LogP contribution is -2.38. The summed E-state index contributed by atoms with van der Waals surface area (Å²) >= 11 is 0. The molecule has 1 unspecified atom stereocenters. The smallest absolute Gasteiger partial charge is 0.191 e. The minimum Gasteiger partial charge on any atom is -0.379 e. The highest BCUT2D eigenvalue weighted by Gasteiger charge is 2.15. The average Bonchev–Trinajstić information content (AvgIpc) is 3.40. The standard InChI is InChI=1S/C20H29N5O2/c1-2-22-20(23-9-5-12-27-18-8-13-26-15-18)24-14-17-6-3-4-7-19(17)25-11-10-21-16-25/h3-4,6-7,10-11,16,18H,2,5,8-9,12-15H2,1H3,(H2,22,23,24). The van der Waals surface area contributed by atoms with E-state index in [0.717, 1.165) is 63.0 Å². The minimum atomic E-state index is 0.270. The highest BCUT2D eigenvalue weighted by molar-refractivity contribution is 5.79. The summed E-state index contributed by atoms with van der Waals surface area (Å²) in [5, 5.41) is 6.68. The van der Waals surface area contributed by atoms with Crippen molar-refractivity contribution in [3.63, 3.8) is 0 Å². The number of benzene rings is 1. The van der Waals surface area contributed by atoms with E-state index >= 15 is 0 Å². The number of guanidine groups is 1. The van der Waals surface area contributed by atoms with E-state index in [-0.39, 0.29) is 6.10 Å². The zero-order chi connectivity index (χ0) is 18.7. The van der Waals surface area contributed by atoms with E-state index in [4.69, 9.17) is 14.5 Å². The summed E-state index contributed by atoms with van der Waals surface area (Å²) in [6.07, 6.45) is 7.75. The number of imidazole rings is 1. The Kier molecular flexibility index (Phi) is 7.68. The molecule has 1 aromatic heterocycles. The van der Waals surface area contributed by atoms with Crippen LogP contribution < -0.4 is 10.6 Å². The van der Waals surface area contributed by atoms with Crippen LogP contribution in [-0.2, 0) is 16.0 Å². The summed E-state index contributed by atoms with van der Waals surface area (Å²) in [6.45, 7) is 6.60. The number of nitrogens with zero attached hydrogens (tertiary/aromatic N) is 3. The normalized spacial score (nSPS) is 17.2. The molecule has 27 heavy (non-hydrogen) atoms. The van der Waals surface area contributed by atoms with Crippen LogP contribution in [0.25, 0.3) is 5.69 Å². The number of hydrogen-bond acceptors (Lipinski definition) is 4. The van der Waals surface area contributed by atoms with Crippen LogP contribution >= 0.6 is 0 Å². The Labute approximate surface area is 160 Å². The molecule has 3 rings (SSSR count). The molecule has 2 heterocycles. The number of aliphatic imine (C=N–C) groups is 1. The first kappa shape index (κ1) is 19.4. The molecule has 0 spiro atoms. The summed E-state index contributed by atoms with van der Waals surface area (Å²) in [5.41, 5.74) is 2.25. The largest absolute Gasteiger partial charge is 0.379 e. The van der Waals surface area contributed by atoms with Gasteiger partial charge in [-0.3, -0.25) is 0 Å². The minimum absolute atomic E-state index is 0.270. The van der Waals surface area contributed by atoms with Crippen LogP contribution in [-0.4, -0.2) is 54.5 Å². The van der Waals surface area contributed by atoms with Gasteiger partial charge in [0.1, 0.15) is 0 Å². The quantitative estimate of drug-likeness (QED) is 0.401. The number of ether oxygens (including phenoxy) is 2. The fraction of sp³-hybridized carbons (Fsp3) is 0.500. The van der Waals surface area contributed by atoms with E-state index in [0.29, 0.717) is 6.54 Å². The van der Waals surface area contributed by atoms with E-state index in [9.17, 15) is 0 Å². The second-order valence-corrected chi connectivity index (χ2v) is 6.43. The second-order valence-electron chi connectivity index (χ2n) is 6.43. The molecule has 2 N–H and O–H groups in total. The van der Waals surface area contributed by atoms with Gasteiger partial charge in [-0.2, -0.15) is 0 Å². The molecular formula is C20H29N5O2. The molecule has 2 aromatic rings. The van der Waals surface area contributed by atoms with Crippen LogP contribution in [0.5, 0.6) is 0 Å². The summed E-state index contributed by atoms with van der Waals surface area (Å²) in [4.78, 5) is 8.86. The molecule has 0 amide bonds. The van der Waals surface area contributed by atoms with Gasteiger partial charge in [0.25, 0.3) is 0 Å². The van der Waals surface area contributed by atoms with Crippen molar-refractivity contribution in [3.8, 4) is 5.69 Å². The Balaban J connectivity index is 1.50. The third-order valence-electron chi connectivity index (χ3n) is 4.38. The van der Waals surface area contributed by atoms with E-state index in [1.54, 1.807) is 12.5 Å². The first-order valence-corrected chi connectivity index (χ1v) is 9.64. The summed E-state index contributed by atoms with van der Waals surface area (Å²) in [6, 6.07) is 8.24. The van der Waals surface area contributed by atoms with Gasteiger partial charge >= 0.3 is 0 Å². The summed E-state index contributed by atoms with van der Waals surface area (Å²) in [7, 11) is 0. The van der Waals surface area contributed by atoms with Crippen molar-refractivity contribution in [2.75, 3.05) is 32.9 Å². The van der Waals surface area contributed by atoms with Gasteiger partial charge in [0.15, 0.2) is 5.96 Å². The van der Waals surface area contributed by atoms with Gasteiger partial charge in [0.2, 0.25) is 0 Å². The first-order valence-electron chi connectivity index (χ1n) is 9.64. The molecule has 7 nitrogen and oxygen atoms in total. The van der Waals surface area contributed by atoms with E-state index in [1.165, 1.54) is 0 Å². The first-order chi connectivity index (χ1) is 13.4. The fourth-order valence-corrected chi connectivity index (χ4v) is 2.98. The number of para-hydroxylation sites is 1. The van der Waals surface area contributed by atoms with Crippen molar-refractivity contribution in [1.82, 2.24) is 20.2 Å². The zero-order valence-electron chi connectivity index (χ0n) is 15.9. The summed E-state index contributed by atoms with van der Waals surface area (Å²) in [5.74, 6) is 0.821. The molecule has 1 aromatic carbocycles. The molecule has 7 heteroatoms. The number of rotatable bonds is 9. The van der Waals surface area contributed by atoms with Gasteiger partial charge < -0.3 is 24.7 Å². The molecule has 1 fully saturated rings. The molecule has 1 aliphatic heterocycles. The molecule has 0 aliphatic carbocycles.